The number of hydrogen-bond acceptors (Lipinski definition) is 6. The Bertz CT molecular complexity index is 928. The minimum Gasteiger partial charge on any atom is -0.348 e. The molecular weight excluding hydrogens is 377 g/mol. The van der Waals surface area contributed by atoms with E-state index < -0.39 is 11.2 Å². The summed E-state index contributed by atoms with van der Waals surface area (Å²) in [5.41, 5.74) is -0.303. The molecule has 9 heteroatoms. The van der Waals surface area contributed by atoms with Gasteiger partial charge in [-0.05, 0) is 37.8 Å². The minimum atomic E-state index is -0.488. The number of fused-ring (bicyclic) bond motifs is 1. The van der Waals surface area contributed by atoms with Crippen molar-refractivity contribution < 1.29 is 18.5 Å². The molecule has 1 aliphatic carbocycles. The highest BCUT2D eigenvalue weighted by molar-refractivity contribution is 5.92. The third-order valence-corrected chi connectivity index (χ3v) is 5.93. The molecule has 2 aliphatic rings. The van der Waals surface area contributed by atoms with Gasteiger partial charge in [-0.25, -0.2) is 9.37 Å². The maximum Gasteiger partial charge on any atom is 0.270 e. The lowest BCUT2D eigenvalue weighted by Crippen LogP contribution is -2.40. The summed E-state index contributed by atoms with van der Waals surface area (Å²) in [6.07, 6.45) is 2.31. The van der Waals surface area contributed by atoms with Crippen molar-refractivity contribution in [1.82, 2.24) is 25.3 Å². The summed E-state index contributed by atoms with van der Waals surface area (Å²) in [4.78, 5) is 35.3. The van der Waals surface area contributed by atoms with E-state index in [-0.39, 0.29) is 35.4 Å². The van der Waals surface area contributed by atoms with E-state index in [4.69, 9.17) is 4.52 Å². The number of rotatable bonds is 4. The second kappa shape index (κ2) is 7.20. The molecule has 1 saturated carbocycles. The summed E-state index contributed by atoms with van der Waals surface area (Å²) in [5, 5.41) is 6.94. The fourth-order valence-corrected chi connectivity index (χ4v) is 4.61. The van der Waals surface area contributed by atoms with Gasteiger partial charge in [-0.3, -0.25) is 9.59 Å². The fraction of sp³-hybridized carbons (Fsp3) is 0.550. The average molecular weight is 401 g/mol. The zero-order chi connectivity index (χ0) is 20.8. The maximum absolute atomic E-state index is 13.1. The Morgan fingerprint density at radius 2 is 2.17 bits per heavy atom. The van der Waals surface area contributed by atoms with Crippen molar-refractivity contribution in [1.29, 1.82) is 0 Å². The van der Waals surface area contributed by atoms with Crippen molar-refractivity contribution in [3.63, 3.8) is 0 Å². The van der Waals surface area contributed by atoms with Crippen LogP contribution in [0.25, 0.3) is 0 Å². The molecule has 0 aromatic carbocycles. The number of hydrogen-bond donors (Lipinski definition) is 1. The summed E-state index contributed by atoms with van der Waals surface area (Å²) in [6, 6.07) is 2.45. The molecule has 2 amide bonds. The molecule has 3 atom stereocenters. The third kappa shape index (κ3) is 3.49. The molecular formula is C20H24FN5O3. The van der Waals surface area contributed by atoms with Gasteiger partial charge in [-0.15, -0.1) is 0 Å². The monoisotopic (exact) mass is 401 g/mol. The van der Waals surface area contributed by atoms with Crippen LogP contribution in [0.5, 0.6) is 0 Å². The Kier molecular flexibility index (Phi) is 4.84. The Morgan fingerprint density at radius 1 is 1.38 bits per heavy atom. The smallest absolute Gasteiger partial charge is 0.270 e. The SMILES string of the molecule is Cc1noc([C@]23C[C@H](NC(=O)c4ccc(F)cn4)C[C@H]2CN(C(=O)C(C)C)C3)n1. The summed E-state index contributed by atoms with van der Waals surface area (Å²) in [6.45, 7) is 6.63. The van der Waals surface area contributed by atoms with E-state index in [2.05, 4.69) is 20.4 Å². The zero-order valence-corrected chi connectivity index (χ0v) is 16.7. The first-order valence-electron chi connectivity index (χ1n) is 9.80. The van der Waals surface area contributed by atoms with Crippen LogP contribution in [0.2, 0.25) is 0 Å². The van der Waals surface area contributed by atoms with Gasteiger partial charge in [0, 0.05) is 25.0 Å². The summed E-state index contributed by atoms with van der Waals surface area (Å²) in [5.74, 6) is 0.359. The molecule has 1 aliphatic heterocycles. The number of amides is 2. The highest BCUT2D eigenvalue weighted by atomic mass is 19.1. The molecule has 154 valence electrons. The number of nitrogens with zero attached hydrogens (tertiary/aromatic N) is 4. The normalized spacial score (nSPS) is 26.0. The number of aromatic nitrogens is 3. The van der Waals surface area contributed by atoms with E-state index in [1.54, 1.807) is 6.92 Å². The van der Waals surface area contributed by atoms with Gasteiger partial charge >= 0.3 is 0 Å². The number of halogens is 1. The van der Waals surface area contributed by atoms with E-state index in [1.807, 2.05) is 18.7 Å². The average Bonchev–Trinajstić information content (AvgIpc) is 3.34. The molecule has 8 nitrogen and oxygen atoms in total. The first kappa shape index (κ1) is 19.5. The van der Waals surface area contributed by atoms with Crippen LogP contribution >= 0.6 is 0 Å². The first-order valence-corrected chi connectivity index (χ1v) is 9.80. The van der Waals surface area contributed by atoms with Crippen molar-refractivity contribution in [2.75, 3.05) is 13.1 Å². The van der Waals surface area contributed by atoms with Gasteiger partial charge in [0.15, 0.2) is 5.82 Å². The molecule has 0 radical (unpaired) electrons. The largest absolute Gasteiger partial charge is 0.348 e. The van der Waals surface area contributed by atoms with Gasteiger partial charge in [0.1, 0.15) is 11.5 Å². The number of carbonyl (C=O) groups excluding carboxylic acids is 2. The molecule has 3 heterocycles. The number of carbonyl (C=O) groups is 2. The molecule has 4 rings (SSSR count). The number of aryl methyl sites for hydroxylation is 1. The fourth-order valence-electron chi connectivity index (χ4n) is 4.61. The highest BCUT2D eigenvalue weighted by Gasteiger charge is 2.58. The van der Waals surface area contributed by atoms with Gasteiger partial charge in [-0.1, -0.05) is 19.0 Å². The number of likely N-dealkylation sites (tertiary alicyclic amines) is 1. The zero-order valence-electron chi connectivity index (χ0n) is 16.7. The van der Waals surface area contributed by atoms with Crippen LogP contribution in [0, 0.1) is 24.6 Å². The van der Waals surface area contributed by atoms with E-state index in [9.17, 15) is 14.0 Å². The number of nitrogens with one attached hydrogen (secondary N) is 1. The van der Waals surface area contributed by atoms with Gasteiger partial charge < -0.3 is 14.7 Å². The van der Waals surface area contributed by atoms with Gasteiger partial charge in [0.25, 0.3) is 5.91 Å². The summed E-state index contributed by atoms with van der Waals surface area (Å²) >= 11 is 0. The topological polar surface area (TPSA) is 101 Å². The number of pyridine rings is 1. The molecule has 1 saturated heterocycles. The maximum atomic E-state index is 13.1. The van der Waals surface area contributed by atoms with E-state index in [0.29, 0.717) is 37.6 Å². The molecule has 2 aromatic rings. The van der Waals surface area contributed by atoms with E-state index >= 15 is 0 Å². The lowest BCUT2D eigenvalue weighted by molar-refractivity contribution is -0.133. The second-order valence-corrected chi connectivity index (χ2v) is 8.35. The summed E-state index contributed by atoms with van der Waals surface area (Å²) < 4.78 is 18.6. The molecule has 29 heavy (non-hydrogen) atoms. The molecule has 0 spiro atoms. The summed E-state index contributed by atoms with van der Waals surface area (Å²) in [7, 11) is 0. The van der Waals surface area contributed by atoms with Crippen molar-refractivity contribution in [2.24, 2.45) is 11.8 Å². The quantitative estimate of drug-likeness (QED) is 0.839. The van der Waals surface area contributed by atoms with Crippen LogP contribution in [0.4, 0.5) is 4.39 Å². The van der Waals surface area contributed by atoms with Gasteiger partial charge in [-0.2, -0.15) is 4.98 Å². The predicted molar refractivity (Wildman–Crippen MR) is 100 cm³/mol. The van der Waals surface area contributed by atoms with Crippen molar-refractivity contribution >= 4 is 11.8 Å². The van der Waals surface area contributed by atoms with E-state index in [0.717, 1.165) is 6.20 Å². The lowest BCUT2D eigenvalue weighted by Gasteiger charge is -2.26. The van der Waals surface area contributed by atoms with Crippen molar-refractivity contribution in [3.05, 3.63) is 41.6 Å². The van der Waals surface area contributed by atoms with Crippen LogP contribution in [-0.4, -0.2) is 51.0 Å². The molecule has 2 fully saturated rings. The van der Waals surface area contributed by atoms with E-state index in [1.165, 1.54) is 12.1 Å². The minimum absolute atomic E-state index is 0.0876. The van der Waals surface area contributed by atoms with Gasteiger partial charge in [0.05, 0.1) is 11.6 Å². The van der Waals surface area contributed by atoms with Crippen molar-refractivity contribution in [3.8, 4) is 0 Å². The van der Waals surface area contributed by atoms with Crippen LogP contribution < -0.4 is 5.32 Å². The molecule has 1 N–H and O–H groups in total. The Morgan fingerprint density at radius 3 is 2.79 bits per heavy atom. The predicted octanol–water partition coefficient (Wildman–Crippen LogP) is 1.86. The molecule has 0 bridgehead atoms. The van der Waals surface area contributed by atoms with Gasteiger partial charge in [0.2, 0.25) is 11.8 Å². The molecule has 0 unspecified atom stereocenters. The third-order valence-electron chi connectivity index (χ3n) is 5.93. The van der Waals surface area contributed by atoms with Crippen LogP contribution in [-0.2, 0) is 10.2 Å². The Hall–Kier alpha value is -2.84. The van der Waals surface area contributed by atoms with Crippen LogP contribution in [0.1, 0.15) is 48.9 Å². The van der Waals surface area contributed by atoms with Crippen molar-refractivity contribution in [2.45, 2.75) is 45.1 Å². The molecule has 2 aromatic heterocycles. The Labute approximate surface area is 167 Å². The standard InChI is InChI=1S/C20H24FN5O3/c1-11(2)18(28)26-9-13-6-15(24-17(27)16-5-4-14(21)8-22-16)7-20(13,10-26)19-23-12(3)25-29-19/h4-5,8,11,13,15H,6-7,9-10H2,1-3H3,(H,24,27)/t13-,15+,20-/m0/s1. The lowest BCUT2D eigenvalue weighted by atomic mass is 9.80. The first-order chi connectivity index (χ1) is 13.8. The van der Waals surface area contributed by atoms with Crippen LogP contribution in [0.3, 0.4) is 0 Å². The Balaban J connectivity index is 1.55. The highest BCUT2D eigenvalue weighted by Crippen LogP contribution is 2.50. The van der Waals surface area contributed by atoms with Crippen LogP contribution in [0.15, 0.2) is 22.9 Å². The second-order valence-electron chi connectivity index (χ2n) is 8.35.